The van der Waals surface area contributed by atoms with Crippen LogP contribution in [0.3, 0.4) is 0 Å². The van der Waals surface area contributed by atoms with Gasteiger partial charge < -0.3 is 14.8 Å². The second-order valence-corrected chi connectivity index (χ2v) is 7.63. The number of nitrogens with one attached hydrogen (secondary N) is 1. The molecule has 0 aliphatic carbocycles. The zero-order valence-electron chi connectivity index (χ0n) is 14.5. The molecule has 0 aliphatic heterocycles. The fourth-order valence-electron chi connectivity index (χ4n) is 2.43. The average molecular weight is 444 g/mol. The lowest BCUT2D eigenvalue weighted by Crippen LogP contribution is -2.04. The molecule has 142 valence electrons. The molecular weight excluding hydrogens is 427 g/mol. The van der Waals surface area contributed by atoms with E-state index in [1.165, 1.54) is 11.3 Å². The number of nitrogens with zero attached hydrogens (tertiary/aromatic N) is 1. The number of halogens is 3. The second-order valence-electron chi connectivity index (χ2n) is 5.52. The van der Waals surface area contributed by atoms with Gasteiger partial charge in [0, 0.05) is 33.7 Å². The van der Waals surface area contributed by atoms with Crippen LogP contribution >= 0.6 is 46.1 Å². The summed E-state index contributed by atoms with van der Waals surface area (Å²) in [5.41, 5.74) is 1.66. The molecule has 27 heavy (non-hydrogen) atoms. The normalized spacial score (nSPS) is 10.7. The fraction of sp³-hybridized carbons (Fsp3) is 0.211. The summed E-state index contributed by atoms with van der Waals surface area (Å²) in [6, 6.07) is 9.07. The zero-order valence-corrected chi connectivity index (χ0v) is 17.6. The Labute approximate surface area is 177 Å². The van der Waals surface area contributed by atoms with Gasteiger partial charge in [0.05, 0.1) is 11.6 Å². The van der Waals surface area contributed by atoms with Gasteiger partial charge in [-0.25, -0.2) is 4.98 Å². The number of thiazole rings is 1. The predicted molar refractivity (Wildman–Crippen MR) is 113 cm³/mol. The van der Waals surface area contributed by atoms with E-state index in [0.29, 0.717) is 45.3 Å². The summed E-state index contributed by atoms with van der Waals surface area (Å²) in [6.07, 6.45) is 1.75. The van der Waals surface area contributed by atoms with Gasteiger partial charge >= 0.3 is 0 Å². The van der Waals surface area contributed by atoms with Crippen molar-refractivity contribution in [2.75, 3.05) is 11.9 Å². The van der Waals surface area contributed by atoms with Crippen LogP contribution in [0.15, 0.2) is 41.9 Å². The van der Waals surface area contributed by atoms with E-state index in [-0.39, 0.29) is 6.61 Å². The number of ether oxygens (including phenoxy) is 2. The summed E-state index contributed by atoms with van der Waals surface area (Å²) >= 11 is 20.4. The van der Waals surface area contributed by atoms with Crippen LogP contribution in [0, 0.1) is 0 Å². The lowest BCUT2D eigenvalue weighted by molar-refractivity contribution is 0.269. The molecule has 0 spiro atoms. The summed E-state index contributed by atoms with van der Waals surface area (Å²) in [5.74, 6) is 1.04. The summed E-state index contributed by atoms with van der Waals surface area (Å²) in [5, 5.41) is 7.55. The maximum atomic E-state index is 6.46. The van der Waals surface area contributed by atoms with E-state index >= 15 is 0 Å². The minimum atomic E-state index is 0.189. The number of rotatable bonds is 8. The lowest BCUT2D eigenvalue weighted by Gasteiger charge is -2.16. The Kier molecular flexibility index (Phi) is 7.07. The van der Waals surface area contributed by atoms with Crippen molar-refractivity contribution in [3.05, 3.63) is 68.1 Å². The Balaban J connectivity index is 1.79. The van der Waals surface area contributed by atoms with E-state index in [1.54, 1.807) is 24.4 Å². The quantitative estimate of drug-likeness (QED) is 0.421. The van der Waals surface area contributed by atoms with Crippen LogP contribution < -0.4 is 14.8 Å². The first kappa shape index (κ1) is 20.1. The topological polar surface area (TPSA) is 43.4 Å². The standard InChI is InChI=1S/C19H17Cl3N2O2S/c1-2-25-17-9-12(10-24-19-23-6-7-27-19)8-16(22)18(17)26-11-13-14(20)4-3-5-15(13)21/h3-9H,2,10-11H2,1H3,(H,23,24). The van der Waals surface area contributed by atoms with Crippen LogP contribution in [0.25, 0.3) is 0 Å². The van der Waals surface area contributed by atoms with E-state index in [0.717, 1.165) is 10.7 Å². The zero-order chi connectivity index (χ0) is 19.2. The van der Waals surface area contributed by atoms with E-state index in [2.05, 4.69) is 10.3 Å². The maximum Gasteiger partial charge on any atom is 0.182 e. The molecule has 1 N–H and O–H groups in total. The van der Waals surface area contributed by atoms with Crippen molar-refractivity contribution in [3.8, 4) is 11.5 Å². The monoisotopic (exact) mass is 442 g/mol. The van der Waals surface area contributed by atoms with Crippen LogP contribution in [0.2, 0.25) is 15.1 Å². The van der Waals surface area contributed by atoms with Gasteiger partial charge in [0.2, 0.25) is 0 Å². The smallest absolute Gasteiger partial charge is 0.182 e. The molecule has 2 aromatic carbocycles. The molecule has 0 radical (unpaired) electrons. The molecule has 3 aromatic rings. The third-order valence-corrected chi connectivity index (χ3v) is 5.39. The van der Waals surface area contributed by atoms with Gasteiger partial charge in [-0.3, -0.25) is 0 Å². The average Bonchev–Trinajstić information content (AvgIpc) is 3.15. The predicted octanol–water partition coefficient (Wildman–Crippen LogP) is 6.69. The molecule has 1 heterocycles. The Hall–Kier alpha value is -1.66. The van der Waals surface area contributed by atoms with Crippen molar-refractivity contribution in [2.24, 2.45) is 0 Å². The Morgan fingerprint density at radius 2 is 1.85 bits per heavy atom. The highest BCUT2D eigenvalue weighted by Gasteiger charge is 2.15. The van der Waals surface area contributed by atoms with E-state index in [9.17, 15) is 0 Å². The molecule has 0 amide bonds. The van der Waals surface area contributed by atoms with Crippen molar-refractivity contribution < 1.29 is 9.47 Å². The Bertz CT molecular complexity index is 884. The maximum absolute atomic E-state index is 6.46. The van der Waals surface area contributed by atoms with E-state index in [1.807, 2.05) is 24.4 Å². The third-order valence-electron chi connectivity index (χ3n) is 3.67. The summed E-state index contributed by atoms with van der Waals surface area (Å²) in [6.45, 7) is 3.16. The third kappa shape index (κ3) is 5.20. The molecule has 0 saturated carbocycles. The van der Waals surface area contributed by atoms with E-state index in [4.69, 9.17) is 44.3 Å². The minimum absolute atomic E-state index is 0.189. The Morgan fingerprint density at radius 1 is 1.07 bits per heavy atom. The second kappa shape index (κ2) is 9.51. The van der Waals surface area contributed by atoms with Crippen LogP contribution in [-0.2, 0) is 13.2 Å². The van der Waals surface area contributed by atoms with Gasteiger partial charge in [-0.1, -0.05) is 40.9 Å². The first-order valence-electron chi connectivity index (χ1n) is 8.22. The summed E-state index contributed by atoms with van der Waals surface area (Å²) in [4.78, 5) is 4.20. The number of aromatic nitrogens is 1. The summed E-state index contributed by atoms with van der Waals surface area (Å²) < 4.78 is 11.6. The molecule has 1 aromatic heterocycles. The molecular formula is C19H17Cl3N2O2S. The molecule has 0 unspecified atom stereocenters. The number of anilines is 1. The molecule has 0 atom stereocenters. The van der Waals surface area contributed by atoms with E-state index < -0.39 is 0 Å². The van der Waals surface area contributed by atoms with Gasteiger partial charge in [-0.2, -0.15) is 0 Å². The van der Waals surface area contributed by atoms with Crippen molar-refractivity contribution in [2.45, 2.75) is 20.1 Å². The first-order valence-corrected chi connectivity index (χ1v) is 10.2. The molecule has 0 aliphatic rings. The number of hydrogen-bond acceptors (Lipinski definition) is 5. The Morgan fingerprint density at radius 3 is 2.52 bits per heavy atom. The molecule has 8 heteroatoms. The van der Waals surface area contributed by atoms with Crippen LogP contribution in [-0.4, -0.2) is 11.6 Å². The van der Waals surface area contributed by atoms with Gasteiger partial charge in [0.1, 0.15) is 6.61 Å². The molecule has 3 rings (SSSR count). The van der Waals surface area contributed by atoms with Gasteiger partial charge in [-0.05, 0) is 36.8 Å². The number of benzene rings is 2. The molecule has 0 fully saturated rings. The highest BCUT2D eigenvalue weighted by Crippen LogP contribution is 2.38. The molecule has 4 nitrogen and oxygen atoms in total. The lowest BCUT2D eigenvalue weighted by atomic mass is 10.2. The molecule has 0 bridgehead atoms. The highest BCUT2D eigenvalue weighted by molar-refractivity contribution is 7.13. The number of hydrogen-bond donors (Lipinski definition) is 1. The largest absolute Gasteiger partial charge is 0.490 e. The van der Waals surface area contributed by atoms with Crippen molar-refractivity contribution in [1.29, 1.82) is 0 Å². The SMILES string of the molecule is CCOc1cc(CNc2nccs2)cc(Cl)c1OCc1c(Cl)cccc1Cl. The highest BCUT2D eigenvalue weighted by atomic mass is 35.5. The van der Waals surface area contributed by atoms with Gasteiger partial charge in [-0.15, -0.1) is 11.3 Å². The van der Waals surface area contributed by atoms with Crippen LogP contribution in [0.1, 0.15) is 18.1 Å². The van der Waals surface area contributed by atoms with Crippen molar-refractivity contribution >= 4 is 51.3 Å². The van der Waals surface area contributed by atoms with Gasteiger partial charge in [0.15, 0.2) is 16.6 Å². The summed E-state index contributed by atoms with van der Waals surface area (Å²) in [7, 11) is 0. The van der Waals surface area contributed by atoms with Crippen molar-refractivity contribution in [3.63, 3.8) is 0 Å². The first-order chi connectivity index (χ1) is 13.1. The van der Waals surface area contributed by atoms with Crippen LogP contribution in [0.4, 0.5) is 5.13 Å². The van der Waals surface area contributed by atoms with Crippen molar-refractivity contribution in [1.82, 2.24) is 4.98 Å². The van der Waals surface area contributed by atoms with Gasteiger partial charge in [0.25, 0.3) is 0 Å². The van der Waals surface area contributed by atoms with Crippen LogP contribution in [0.5, 0.6) is 11.5 Å². The fourth-order valence-corrected chi connectivity index (χ4v) is 3.75. The minimum Gasteiger partial charge on any atom is -0.490 e. The molecule has 0 saturated heterocycles.